The number of anilines is 1. The molecule has 1 aromatic carbocycles. The van der Waals surface area contributed by atoms with Crippen LogP contribution in [0.4, 0.5) is 5.69 Å². The zero-order chi connectivity index (χ0) is 21.0. The van der Waals surface area contributed by atoms with Crippen molar-refractivity contribution < 1.29 is 19.0 Å². The first-order valence-corrected chi connectivity index (χ1v) is 9.42. The molecule has 1 amide bonds. The molecule has 7 nitrogen and oxygen atoms in total. The molecule has 0 saturated heterocycles. The van der Waals surface area contributed by atoms with Crippen LogP contribution in [0.3, 0.4) is 0 Å². The predicted molar refractivity (Wildman–Crippen MR) is 114 cm³/mol. The molecular formula is C23H23N3O4. The van der Waals surface area contributed by atoms with Crippen molar-refractivity contribution in [3.05, 3.63) is 84.3 Å². The van der Waals surface area contributed by atoms with Crippen molar-refractivity contribution in [3.63, 3.8) is 0 Å². The van der Waals surface area contributed by atoms with E-state index in [1.165, 1.54) is 6.08 Å². The smallest absolute Gasteiger partial charge is 0.248 e. The summed E-state index contributed by atoms with van der Waals surface area (Å²) in [7, 11) is 1.59. The highest BCUT2D eigenvalue weighted by atomic mass is 16.5. The minimum Gasteiger partial charge on any atom is -0.489 e. The summed E-state index contributed by atoms with van der Waals surface area (Å²) in [5, 5.41) is 2.77. The molecule has 0 aliphatic carbocycles. The van der Waals surface area contributed by atoms with Gasteiger partial charge in [-0.3, -0.25) is 9.78 Å². The molecule has 7 heteroatoms. The van der Waals surface area contributed by atoms with Crippen molar-refractivity contribution in [1.29, 1.82) is 0 Å². The molecule has 3 aromatic rings. The Labute approximate surface area is 175 Å². The lowest BCUT2D eigenvalue weighted by Crippen LogP contribution is -2.12. The Kier molecular flexibility index (Phi) is 7.93. The molecule has 0 spiro atoms. The van der Waals surface area contributed by atoms with E-state index >= 15 is 0 Å². The van der Waals surface area contributed by atoms with Gasteiger partial charge in [0.15, 0.2) is 0 Å². The normalized spacial score (nSPS) is 10.7. The van der Waals surface area contributed by atoms with Crippen molar-refractivity contribution in [2.75, 3.05) is 25.6 Å². The van der Waals surface area contributed by atoms with E-state index < -0.39 is 0 Å². The average molecular weight is 405 g/mol. The molecule has 30 heavy (non-hydrogen) atoms. The Morgan fingerprint density at radius 1 is 1.03 bits per heavy atom. The maximum Gasteiger partial charge on any atom is 0.248 e. The van der Waals surface area contributed by atoms with Gasteiger partial charge in [0.25, 0.3) is 0 Å². The van der Waals surface area contributed by atoms with E-state index in [1.807, 2.05) is 36.4 Å². The van der Waals surface area contributed by atoms with Gasteiger partial charge in [0.2, 0.25) is 11.8 Å². The number of pyridine rings is 2. The zero-order valence-electron chi connectivity index (χ0n) is 16.7. The van der Waals surface area contributed by atoms with Crippen LogP contribution in [0.15, 0.2) is 73.2 Å². The summed E-state index contributed by atoms with van der Waals surface area (Å²) in [6.07, 6.45) is 8.28. The van der Waals surface area contributed by atoms with Crippen LogP contribution in [0.5, 0.6) is 11.6 Å². The fourth-order valence-corrected chi connectivity index (χ4v) is 2.49. The molecule has 0 radical (unpaired) electrons. The Morgan fingerprint density at radius 2 is 1.87 bits per heavy atom. The quantitative estimate of drug-likeness (QED) is 0.409. The second-order valence-corrected chi connectivity index (χ2v) is 6.24. The Balaban J connectivity index is 1.52. The van der Waals surface area contributed by atoms with E-state index in [9.17, 15) is 4.79 Å². The summed E-state index contributed by atoms with van der Waals surface area (Å²) in [6, 6.07) is 14.8. The second-order valence-electron chi connectivity index (χ2n) is 6.24. The summed E-state index contributed by atoms with van der Waals surface area (Å²) < 4.78 is 16.2. The molecule has 0 aliphatic heterocycles. The highest BCUT2D eigenvalue weighted by Crippen LogP contribution is 2.20. The summed E-state index contributed by atoms with van der Waals surface area (Å²) in [5.74, 6) is 0.816. The number of hydrogen-bond acceptors (Lipinski definition) is 6. The van der Waals surface area contributed by atoms with Crippen molar-refractivity contribution in [3.8, 4) is 11.6 Å². The number of ether oxygens (including phenoxy) is 3. The van der Waals surface area contributed by atoms with Gasteiger partial charge in [-0.05, 0) is 42.0 Å². The van der Waals surface area contributed by atoms with Crippen molar-refractivity contribution >= 4 is 17.7 Å². The van der Waals surface area contributed by atoms with Crippen LogP contribution < -0.4 is 14.8 Å². The molecule has 0 aliphatic rings. The molecular weight excluding hydrogens is 382 g/mol. The van der Waals surface area contributed by atoms with Crippen molar-refractivity contribution in [1.82, 2.24) is 9.97 Å². The molecule has 2 heterocycles. The van der Waals surface area contributed by atoms with Crippen molar-refractivity contribution in [2.24, 2.45) is 0 Å². The number of aromatic nitrogens is 2. The molecule has 0 unspecified atom stereocenters. The number of hydrogen-bond donors (Lipinski definition) is 1. The van der Waals surface area contributed by atoms with Crippen LogP contribution in [0, 0.1) is 0 Å². The first kappa shape index (κ1) is 21.0. The summed E-state index contributed by atoms with van der Waals surface area (Å²) in [5.41, 5.74) is 2.38. The van der Waals surface area contributed by atoms with Crippen molar-refractivity contribution in [2.45, 2.75) is 6.61 Å². The molecule has 0 fully saturated rings. The van der Waals surface area contributed by atoms with Gasteiger partial charge in [0.05, 0.1) is 6.61 Å². The van der Waals surface area contributed by atoms with E-state index in [1.54, 1.807) is 43.9 Å². The third kappa shape index (κ3) is 6.72. The lowest BCUT2D eigenvalue weighted by Gasteiger charge is -2.09. The zero-order valence-corrected chi connectivity index (χ0v) is 16.7. The summed E-state index contributed by atoms with van der Waals surface area (Å²) in [4.78, 5) is 20.5. The minimum atomic E-state index is -0.281. The second kappa shape index (κ2) is 11.3. The van der Waals surface area contributed by atoms with Crippen LogP contribution in [0.25, 0.3) is 6.08 Å². The van der Waals surface area contributed by atoms with Crippen LogP contribution in [0.2, 0.25) is 0 Å². The van der Waals surface area contributed by atoms with E-state index in [4.69, 9.17) is 14.2 Å². The lowest BCUT2D eigenvalue weighted by molar-refractivity contribution is -0.111. The van der Waals surface area contributed by atoms with Gasteiger partial charge in [0.1, 0.15) is 24.7 Å². The Hall–Kier alpha value is -3.71. The number of nitrogens with one attached hydrogen (secondary N) is 1. The minimum absolute atomic E-state index is 0.281. The number of benzene rings is 1. The highest BCUT2D eigenvalue weighted by Gasteiger charge is 2.07. The van der Waals surface area contributed by atoms with Gasteiger partial charge in [-0.2, -0.15) is 0 Å². The van der Waals surface area contributed by atoms with Gasteiger partial charge in [-0.15, -0.1) is 0 Å². The number of methoxy groups -OCH3 is 1. The fraction of sp³-hybridized carbons (Fsp3) is 0.174. The van der Waals surface area contributed by atoms with Crippen LogP contribution in [-0.2, 0) is 16.1 Å². The third-order valence-corrected chi connectivity index (χ3v) is 3.99. The topological polar surface area (TPSA) is 82.6 Å². The highest BCUT2D eigenvalue weighted by molar-refractivity contribution is 6.02. The van der Waals surface area contributed by atoms with Crippen LogP contribution in [0.1, 0.15) is 11.1 Å². The molecule has 154 valence electrons. The van der Waals surface area contributed by atoms with Gasteiger partial charge in [-0.25, -0.2) is 4.98 Å². The van der Waals surface area contributed by atoms with Gasteiger partial charge >= 0.3 is 0 Å². The summed E-state index contributed by atoms with van der Waals surface area (Å²) >= 11 is 0. The fourth-order valence-electron chi connectivity index (χ4n) is 2.49. The monoisotopic (exact) mass is 405 g/mol. The molecule has 1 N–H and O–H groups in total. The van der Waals surface area contributed by atoms with Crippen LogP contribution >= 0.6 is 0 Å². The van der Waals surface area contributed by atoms with E-state index in [-0.39, 0.29) is 5.91 Å². The van der Waals surface area contributed by atoms with E-state index in [2.05, 4.69) is 15.3 Å². The maximum absolute atomic E-state index is 12.3. The molecule has 2 aromatic heterocycles. The van der Waals surface area contributed by atoms with Gasteiger partial charge in [0, 0.05) is 37.3 Å². The standard InChI is InChI=1S/C23H23N3O4/c1-28-14-15-29-23-21(5-3-13-25-23)26-22(27)11-8-18-6-9-20(10-7-18)30-17-19-4-2-12-24-16-19/h2-13,16H,14-15,17H2,1H3,(H,26,27)/b11-8+. The van der Waals surface area contributed by atoms with Gasteiger partial charge < -0.3 is 19.5 Å². The average Bonchev–Trinajstić information content (AvgIpc) is 2.79. The lowest BCUT2D eigenvalue weighted by atomic mass is 10.2. The number of amides is 1. The van der Waals surface area contributed by atoms with E-state index in [0.717, 1.165) is 16.9 Å². The first-order valence-electron chi connectivity index (χ1n) is 9.42. The summed E-state index contributed by atoms with van der Waals surface area (Å²) in [6.45, 7) is 1.23. The number of carbonyl (C=O) groups is 1. The van der Waals surface area contributed by atoms with Gasteiger partial charge in [-0.1, -0.05) is 18.2 Å². The molecule has 3 rings (SSSR count). The molecule has 0 atom stereocenters. The van der Waals surface area contributed by atoms with E-state index in [0.29, 0.717) is 31.4 Å². The number of rotatable bonds is 10. The maximum atomic E-state index is 12.3. The largest absolute Gasteiger partial charge is 0.489 e. The molecule has 0 bridgehead atoms. The van der Waals surface area contributed by atoms with Crippen LogP contribution in [-0.4, -0.2) is 36.2 Å². The number of nitrogens with zero attached hydrogens (tertiary/aromatic N) is 2. The predicted octanol–water partition coefficient (Wildman–Crippen LogP) is 3.73. The molecule has 0 saturated carbocycles. The Bertz CT molecular complexity index is 960. The Morgan fingerprint density at radius 3 is 2.63 bits per heavy atom. The number of carbonyl (C=O) groups excluding carboxylic acids is 1. The third-order valence-electron chi connectivity index (χ3n) is 3.99. The SMILES string of the molecule is COCCOc1ncccc1NC(=O)/C=C/c1ccc(OCc2cccnc2)cc1. The first-order chi connectivity index (χ1) is 14.7.